The van der Waals surface area contributed by atoms with E-state index in [2.05, 4.69) is 28.9 Å². The molecule has 14 nitrogen and oxygen atoms in total. The molecule has 0 unspecified atom stereocenters. The minimum atomic E-state index is -1.28. The van der Waals surface area contributed by atoms with Crippen LogP contribution in [0.4, 0.5) is 17.1 Å². The third kappa shape index (κ3) is 10.1. The monoisotopic (exact) mass is 957 g/mol. The molecule has 9 rings (SSSR count). The Kier molecular flexibility index (Phi) is 14.4. The van der Waals surface area contributed by atoms with Gasteiger partial charge in [-0.05, 0) is 118 Å². The number of likely N-dealkylation sites (N-methyl/N-ethyl adjacent to an activating group) is 1. The van der Waals surface area contributed by atoms with Gasteiger partial charge in [0, 0.05) is 93.9 Å². The fourth-order valence-corrected chi connectivity index (χ4v) is 10.5. The van der Waals surface area contributed by atoms with Crippen molar-refractivity contribution in [3.8, 4) is 11.5 Å². The molecule has 5 aromatic carbocycles. The predicted octanol–water partition coefficient (Wildman–Crippen LogP) is 9.16. The van der Waals surface area contributed by atoms with Crippen LogP contribution >= 0.6 is 0 Å². The minimum Gasteiger partial charge on any atom is -0.456 e. The van der Waals surface area contributed by atoms with E-state index < -0.39 is 11.6 Å². The van der Waals surface area contributed by atoms with Crippen LogP contribution in [0.15, 0.2) is 109 Å². The lowest BCUT2D eigenvalue weighted by molar-refractivity contribution is -0.126. The molecular weight excluding hydrogens is 895 g/mol. The normalized spacial score (nSPS) is 16.3. The van der Waals surface area contributed by atoms with Gasteiger partial charge in [-0.2, -0.15) is 0 Å². The van der Waals surface area contributed by atoms with Crippen LogP contribution in [-0.2, 0) is 32.9 Å². The molecule has 1 spiro atoms. The number of unbranched alkanes of at least 4 members (excludes halogenated alkanes) is 5. The molecule has 368 valence electrons. The van der Waals surface area contributed by atoms with Gasteiger partial charge in [-0.3, -0.25) is 19.2 Å². The summed E-state index contributed by atoms with van der Waals surface area (Å²) in [6.07, 6.45) is 9.37. The first-order valence-electron chi connectivity index (χ1n) is 25.2. The maximum Gasteiger partial charge on any atom is 0.340 e. The number of esters is 1. The lowest BCUT2D eigenvalue weighted by Gasteiger charge is -2.36. The van der Waals surface area contributed by atoms with Gasteiger partial charge in [0.15, 0.2) is 5.60 Å². The van der Waals surface area contributed by atoms with Crippen molar-refractivity contribution >= 4 is 57.6 Å². The van der Waals surface area contributed by atoms with Crippen molar-refractivity contribution in [1.29, 1.82) is 0 Å². The highest BCUT2D eigenvalue weighted by atomic mass is 16.6. The van der Waals surface area contributed by atoms with Crippen LogP contribution in [-0.4, -0.2) is 59.8 Å². The summed E-state index contributed by atoms with van der Waals surface area (Å²) in [6.45, 7) is 5.73. The zero-order chi connectivity index (χ0) is 49.6. The number of aromatic nitrogens is 1. The summed E-state index contributed by atoms with van der Waals surface area (Å²) in [5.74, 6) is -0.183. The fourth-order valence-electron chi connectivity index (χ4n) is 10.5. The van der Waals surface area contributed by atoms with E-state index in [1.807, 2.05) is 60.0 Å². The summed E-state index contributed by atoms with van der Waals surface area (Å²) in [6, 6.07) is 33.1. The van der Waals surface area contributed by atoms with Gasteiger partial charge in [-0.1, -0.05) is 69.0 Å². The smallest absolute Gasteiger partial charge is 0.340 e. The molecule has 0 saturated heterocycles. The molecule has 2 aliphatic heterocycles. The third-order valence-corrected chi connectivity index (χ3v) is 14.3. The van der Waals surface area contributed by atoms with Crippen LogP contribution in [0.5, 0.6) is 11.5 Å². The standard InChI is InChI=1S/C57H63N7O7/c1-3-36-14-13-16-43(30-36)63(4-2)52(65)35-64-48-17-10-9-15-38(48)32-49(64)55(68)62-42-23-18-37(19-24-42)53(66)60-28-11-7-5-6-8-12-29-61-54(67)39-20-25-45-44(31-39)56(69)71-57(45)46-26-21-40(58)33-50(46)70-51-34-41(59)22-27-47(51)57/h9-10,13-17,20-22,25-27,30-34,37,42H,3-8,11-12,18-19,23-24,28-29,35,58-59H2,1-2H3,(H,60,66)(H,61,67)(H,62,68)/t37-,42-. The van der Waals surface area contributed by atoms with Crippen molar-refractivity contribution in [2.75, 3.05) is 36.0 Å². The van der Waals surface area contributed by atoms with Crippen LogP contribution in [0.2, 0.25) is 0 Å². The second-order valence-electron chi connectivity index (χ2n) is 19.0. The van der Waals surface area contributed by atoms with E-state index in [0.29, 0.717) is 102 Å². The molecule has 14 heteroatoms. The molecule has 71 heavy (non-hydrogen) atoms. The highest BCUT2D eigenvalue weighted by molar-refractivity contribution is 6.03. The number of nitrogens with one attached hydrogen (secondary N) is 3. The average molecular weight is 958 g/mol. The number of nitrogen functional groups attached to an aromatic ring is 2. The predicted molar refractivity (Wildman–Crippen MR) is 276 cm³/mol. The molecule has 0 radical (unpaired) electrons. The van der Waals surface area contributed by atoms with E-state index in [4.69, 9.17) is 20.9 Å². The summed E-state index contributed by atoms with van der Waals surface area (Å²) in [7, 11) is 0. The number of carbonyl (C=O) groups excluding carboxylic acids is 5. The van der Waals surface area contributed by atoms with Gasteiger partial charge < -0.3 is 46.4 Å². The van der Waals surface area contributed by atoms with Crippen molar-refractivity contribution in [3.05, 3.63) is 148 Å². The van der Waals surface area contributed by atoms with Gasteiger partial charge in [-0.25, -0.2) is 4.79 Å². The van der Waals surface area contributed by atoms with Crippen LogP contribution < -0.4 is 37.1 Å². The maximum absolute atomic E-state index is 13.9. The Morgan fingerprint density at radius 3 is 2.06 bits per heavy atom. The molecule has 4 amide bonds. The summed E-state index contributed by atoms with van der Waals surface area (Å²) < 4.78 is 14.2. The number of anilines is 3. The Bertz CT molecular complexity index is 2940. The number of aryl methyl sites for hydroxylation is 1. The first-order valence-corrected chi connectivity index (χ1v) is 25.2. The van der Waals surface area contributed by atoms with Gasteiger partial charge in [-0.15, -0.1) is 0 Å². The number of hydrogen-bond donors (Lipinski definition) is 5. The zero-order valence-electron chi connectivity index (χ0n) is 40.6. The molecule has 1 saturated carbocycles. The SMILES string of the molecule is CCc1cccc(N(CC)C(=O)Cn2c(C(=O)N[C@H]3CC[C@H](C(=O)NCCCCCCCCNC(=O)c4ccc5c(c4)C(=O)OC54c5ccc(N)cc5Oc5cc(N)ccc54)CC3)cc3ccccc32)c1. The number of ether oxygens (including phenoxy) is 2. The van der Waals surface area contributed by atoms with Crippen molar-refractivity contribution in [1.82, 2.24) is 20.5 Å². The molecule has 1 aromatic heterocycles. The molecular formula is C57H63N7O7. The van der Waals surface area contributed by atoms with Crippen LogP contribution in [0.3, 0.4) is 0 Å². The quantitative estimate of drug-likeness (QED) is 0.0317. The minimum absolute atomic E-state index is 0.0354. The van der Waals surface area contributed by atoms with E-state index in [1.165, 1.54) is 0 Å². The van der Waals surface area contributed by atoms with E-state index >= 15 is 0 Å². The first-order chi connectivity index (χ1) is 34.5. The number of hydrogen-bond acceptors (Lipinski definition) is 9. The van der Waals surface area contributed by atoms with Gasteiger partial charge in [0.05, 0.1) is 5.56 Å². The van der Waals surface area contributed by atoms with E-state index in [9.17, 15) is 24.0 Å². The second kappa shape index (κ2) is 21.2. The summed E-state index contributed by atoms with van der Waals surface area (Å²) in [5.41, 5.74) is 17.8. The zero-order valence-corrected chi connectivity index (χ0v) is 40.6. The molecule has 6 aromatic rings. The molecule has 0 atom stereocenters. The lowest BCUT2D eigenvalue weighted by Crippen LogP contribution is -2.42. The number of nitrogens with zero attached hydrogens (tertiary/aromatic N) is 2. The number of benzene rings is 5. The molecule has 3 heterocycles. The number of amides is 4. The maximum atomic E-state index is 13.9. The van der Waals surface area contributed by atoms with Gasteiger partial charge in [0.1, 0.15) is 23.7 Å². The molecule has 1 aliphatic carbocycles. The number of rotatable bonds is 18. The largest absolute Gasteiger partial charge is 0.456 e. The van der Waals surface area contributed by atoms with Crippen LogP contribution in [0.25, 0.3) is 10.9 Å². The summed E-state index contributed by atoms with van der Waals surface area (Å²) >= 11 is 0. The van der Waals surface area contributed by atoms with Crippen molar-refractivity contribution in [3.63, 3.8) is 0 Å². The van der Waals surface area contributed by atoms with E-state index in [0.717, 1.165) is 67.1 Å². The Morgan fingerprint density at radius 1 is 0.704 bits per heavy atom. The Hall–Kier alpha value is -7.61. The van der Waals surface area contributed by atoms with Gasteiger partial charge >= 0.3 is 5.97 Å². The Balaban J connectivity index is 0.675. The van der Waals surface area contributed by atoms with E-state index in [-0.39, 0.29) is 42.1 Å². The average Bonchev–Trinajstić information content (AvgIpc) is 3.88. The highest BCUT2D eigenvalue weighted by Gasteiger charge is 2.53. The second-order valence-corrected chi connectivity index (χ2v) is 19.0. The number of para-hydroxylation sites is 1. The third-order valence-electron chi connectivity index (χ3n) is 14.3. The van der Waals surface area contributed by atoms with Crippen LogP contribution in [0, 0.1) is 5.92 Å². The Morgan fingerprint density at radius 2 is 1.37 bits per heavy atom. The van der Waals surface area contributed by atoms with Crippen molar-refractivity contribution < 1.29 is 33.4 Å². The topological polar surface area (TPSA) is 200 Å². The Labute approximate surface area is 414 Å². The first kappa shape index (κ1) is 48.4. The summed E-state index contributed by atoms with van der Waals surface area (Å²) in [4.78, 5) is 69.3. The van der Waals surface area contributed by atoms with Crippen LogP contribution in [0.1, 0.15) is 132 Å². The molecule has 0 bridgehead atoms. The lowest BCUT2D eigenvalue weighted by atomic mass is 9.77. The molecule has 1 fully saturated rings. The summed E-state index contributed by atoms with van der Waals surface area (Å²) in [5, 5.41) is 10.3. The fraction of sp³-hybridized carbons (Fsp3) is 0.351. The number of carbonyl (C=O) groups is 5. The van der Waals surface area contributed by atoms with Crippen molar-refractivity contribution in [2.24, 2.45) is 5.92 Å². The van der Waals surface area contributed by atoms with Gasteiger partial charge in [0.25, 0.3) is 11.8 Å². The number of fused-ring (bicyclic) bond motifs is 7. The highest BCUT2D eigenvalue weighted by Crippen LogP contribution is 2.56. The van der Waals surface area contributed by atoms with E-state index in [1.54, 1.807) is 59.5 Å². The van der Waals surface area contributed by atoms with Gasteiger partial charge in [0.2, 0.25) is 11.8 Å². The van der Waals surface area contributed by atoms with Crippen molar-refractivity contribution in [2.45, 2.75) is 103 Å². The number of nitrogens with two attached hydrogens (primary N) is 2. The molecule has 3 aliphatic rings. The molecule has 7 N–H and O–H groups in total.